The highest BCUT2D eigenvalue weighted by atomic mass is 19.2. The molecule has 0 aliphatic heterocycles. The van der Waals surface area contributed by atoms with E-state index < -0.39 is 34.6 Å². The normalized spacial score (nSPS) is 10.9. The van der Waals surface area contributed by atoms with Gasteiger partial charge in [-0.05, 0) is 48.0 Å². The van der Waals surface area contributed by atoms with Crippen LogP contribution in [0.5, 0.6) is 0 Å². The average Bonchev–Trinajstić information content (AvgIpc) is 2.77. The van der Waals surface area contributed by atoms with Crippen LogP contribution in [0.2, 0.25) is 0 Å². The SMILES string of the molecule is Fc1c(F)c(F)c(-c2cc(-c3ccccn3)cc(-c3ccccn3)c2)c(F)c1F. The van der Waals surface area contributed by atoms with Crippen molar-refractivity contribution in [2.24, 2.45) is 0 Å². The lowest BCUT2D eigenvalue weighted by atomic mass is 9.95. The number of benzene rings is 2. The highest BCUT2D eigenvalue weighted by molar-refractivity contribution is 5.79. The molecular formula is C22H11F5N2. The van der Waals surface area contributed by atoms with Gasteiger partial charge in [0.1, 0.15) is 0 Å². The highest BCUT2D eigenvalue weighted by Crippen LogP contribution is 2.36. The molecule has 7 heteroatoms. The van der Waals surface area contributed by atoms with Crippen LogP contribution in [-0.2, 0) is 0 Å². The Hall–Kier alpha value is -3.61. The van der Waals surface area contributed by atoms with Crippen molar-refractivity contribution in [1.29, 1.82) is 0 Å². The number of pyridine rings is 2. The Kier molecular flexibility index (Phi) is 4.80. The van der Waals surface area contributed by atoms with Crippen LogP contribution in [0.1, 0.15) is 0 Å². The molecule has 4 rings (SSSR count). The maximum atomic E-state index is 14.4. The van der Waals surface area contributed by atoms with Crippen molar-refractivity contribution < 1.29 is 22.0 Å². The first-order valence-electron chi connectivity index (χ1n) is 8.47. The van der Waals surface area contributed by atoms with E-state index >= 15 is 0 Å². The summed E-state index contributed by atoms with van der Waals surface area (Å²) in [6.45, 7) is 0. The minimum atomic E-state index is -2.20. The molecule has 29 heavy (non-hydrogen) atoms. The molecule has 0 fully saturated rings. The van der Waals surface area contributed by atoms with Crippen LogP contribution < -0.4 is 0 Å². The van der Waals surface area contributed by atoms with Gasteiger partial charge in [0.05, 0.1) is 17.0 Å². The van der Waals surface area contributed by atoms with Gasteiger partial charge in [-0.1, -0.05) is 12.1 Å². The number of nitrogens with zero attached hydrogens (tertiary/aromatic N) is 2. The zero-order chi connectivity index (χ0) is 20.5. The van der Waals surface area contributed by atoms with Crippen LogP contribution in [0.15, 0.2) is 67.0 Å². The van der Waals surface area contributed by atoms with Crippen molar-refractivity contribution in [3.8, 4) is 33.6 Å². The average molecular weight is 398 g/mol. The van der Waals surface area contributed by atoms with Gasteiger partial charge in [0.2, 0.25) is 5.82 Å². The maximum Gasteiger partial charge on any atom is 0.200 e. The summed E-state index contributed by atoms with van der Waals surface area (Å²) in [5.41, 5.74) is 0.629. The Morgan fingerprint density at radius 1 is 0.483 bits per heavy atom. The molecule has 0 spiro atoms. The van der Waals surface area contributed by atoms with E-state index in [9.17, 15) is 22.0 Å². The number of rotatable bonds is 3. The molecule has 2 heterocycles. The minimum absolute atomic E-state index is 0.179. The third kappa shape index (κ3) is 3.35. The zero-order valence-electron chi connectivity index (χ0n) is 14.6. The molecule has 4 aromatic rings. The molecule has 2 nitrogen and oxygen atoms in total. The Bertz CT molecular complexity index is 1110. The van der Waals surface area contributed by atoms with E-state index in [1.807, 2.05) is 0 Å². The number of aromatic nitrogens is 2. The van der Waals surface area contributed by atoms with Crippen molar-refractivity contribution in [2.75, 3.05) is 0 Å². The van der Waals surface area contributed by atoms with Crippen LogP contribution in [0.3, 0.4) is 0 Å². The van der Waals surface area contributed by atoms with Crippen LogP contribution in [0, 0.1) is 29.1 Å². The van der Waals surface area contributed by atoms with Gasteiger partial charge >= 0.3 is 0 Å². The standard InChI is InChI=1S/C22H11F5N2/c23-18-17(19(24)21(26)22(27)20(18)25)14-10-12(15-5-1-3-7-28-15)9-13(11-14)16-6-2-4-8-29-16/h1-11H. The second-order valence-electron chi connectivity index (χ2n) is 6.17. The first kappa shape index (κ1) is 18.7. The van der Waals surface area contributed by atoms with Crippen molar-refractivity contribution in [3.63, 3.8) is 0 Å². The van der Waals surface area contributed by atoms with E-state index in [-0.39, 0.29) is 5.56 Å². The second kappa shape index (κ2) is 7.43. The lowest BCUT2D eigenvalue weighted by molar-refractivity contribution is 0.381. The molecule has 0 unspecified atom stereocenters. The topological polar surface area (TPSA) is 25.8 Å². The smallest absolute Gasteiger partial charge is 0.200 e. The molecule has 0 aliphatic carbocycles. The summed E-state index contributed by atoms with van der Waals surface area (Å²) in [5.74, 6) is -9.99. The first-order valence-corrected chi connectivity index (χ1v) is 8.47. The van der Waals surface area contributed by atoms with Crippen molar-refractivity contribution in [1.82, 2.24) is 9.97 Å². The quantitative estimate of drug-likeness (QED) is 0.234. The molecule has 0 N–H and O–H groups in total. The molecule has 0 saturated carbocycles. The molecule has 0 saturated heterocycles. The second-order valence-corrected chi connectivity index (χ2v) is 6.17. The van der Waals surface area contributed by atoms with Crippen molar-refractivity contribution in [3.05, 3.63) is 96.1 Å². The highest BCUT2D eigenvalue weighted by Gasteiger charge is 2.27. The van der Waals surface area contributed by atoms with E-state index in [2.05, 4.69) is 9.97 Å². The predicted octanol–water partition coefficient (Wildman–Crippen LogP) is 6.17. The summed E-state index contributed by atoms with van der Waals surface area (Å²) in [5, 5.41) is 0. The third-order valence-corrected chi connectivity index (χ3v) is 4.35. The van der Waals surface area contributed by atoms with Crippen LogP contribution >= 0.6 is 0 Å². The minimum Gasteiger partial charge on any atom is -0.256 e. The summed E-state index contributed by atoms with van der Waals surface area (Å²) in [4.78, 5) is 8.39. The van der Waals surface area contributed by atoms with Gasteiger partial charge in [0.15, 0.2) is 23.3 Å². The largest absolute Gasteiger partial charge is 0.256 e. The summed E-state index contributed by atoms with van der Waals surface area (Å²) in [6.07, 6.45) is 3.06. The number of hydrogen-bond donors (Lipinski definition) is 0. The Labute approximate surface area is 162 Å². The van der Waals surface area contributed by atoms with E-state index in [1.165, 1.54) is 24.5 Å². The molecule has 0 radical (unpaired) electrons. The molecular weight excluding hydrogens is 387 g/mol. The van der Waals surface area contributed by atoms with Gasteiger partial charge in [0.25, 0.3) is 0 Å². The molecule has 2 aromatic carbocycles. The van der Waals surface area contributed by atoms with Gasteiger partial charge in [-0.15, -0.1) is 0 Å². The summed E-state index contributed by atoms with van der Waals surface area (Å²) < 4.78 is 69.8. The van der Waals surface area contributed by atoms with E-state index in [4.69, 9.17) is 0 Å². The fourth-order valence-corrected chi connectivity index (χ4v) is 2.99. The van der Waals surface area contributed by atoms with E-state index in [1.54, 1.807) is 42.5 Å². The zero-order valence-corrected chi connectivity index (χ0v) is 14.6. The lowest BCUT2D eigenvalue weighted by Gasteiger charge is -2.12. The summed E-state index contributed by atoms with van der Waals surface area (Å²) in [7, 11) is 0. The van der Waals surface area contributed by atoms with Gasteiger partial charge < -0.3 is 0 Å². The lowest BCUT2D eigenvalue weighted by Crippen LogP contribution is -2.04. The fourth-order valence-electron chi connectivity index (χ4n) is 2.99. The van der Waals surface area contributed by atoms with Crippen molar-refractivity contribution in [2.45, 2.75) is 0 Å². The Morgan fingerprint density at radius 3 is 1.31 bits per heavy atom. The molecule has 2 aromatic heterocycles. The maximum absolute atomic E-state index is 14.4. The van der Waals surface area contributed by atoms with Crippen LogP contribution in [0.25, 0.3) is 33.6 Å². The molecule has 0 bridgehead atoms. The van der Waals surface area contributed by atoms with Crippen LogP contribution in [-0.4, -0.2) is 9.97 Å². The van der Waals surface area contributed by atoms with Crippen molar-refractivity contribution >= 4 is 0 Å². The summed E-state index contributed by atoms with van der Waals surface area (Å²) in [6, 6.07) is 14.5. The van der Waals surface area contributed by atoms with E-state index in [0.29, 0.717) is 22.5 Å². The van der Waals surface area contributed by atoms with Gasteiger partial charge in [-0.2, -0.15) is 0 Å². The van der Waals surface area contributed by atoms with Gasteiger partial charge in [-0.25, -0.2) is 22.0 Å². The van der Waals surface area contributed by atoms with E-state index in [0.717, 1.165) is 0 Å². The number of halogens is 5. The first-order chi connectivity index (χ1) is 14.0. The van der Waals surface area contributed by atoms with Gasteiger partial charge in [0, 0.05) is 23.5 Å². The monoisotopic (exact) mass is 398 g/mol. The van der Waals surface area contributed by atoms with Crippen LogP contribution in [0.4, 0.5) is 22.0 Å². The summed E-state index contributed by atoms with van der Waals surface area (Å²) >= 11 is 0. The number of hydrogen-bond acceptors (Lipinski definition) is 2. The van der Waals surface area contributed by atoms with Gasteiger partial charge in [-0.3, -0.25) is 9.97 Å². The molecule has 0 atom stereocenters. The molecule has 0 amide bonds. The third-order valence-electron chi connectivity index (χ3n) is 4.35. The fraction of sp³-hybridized carbons (Fsp3) is 0. The molecule has 0 aliphatic rings. The Morgan fingerprint density at radius 2 is 0.897 bits per heavy atom. The Balaban J connectivity index is 2.02. The molecule has 144 valence electrons. The predicted molar refractivity (Wildman–Crippen MR) is 98.1 cm³/mol.